The number of nitrogens with zero attached hydrogens (tertiary/aromatic N) is 1. The summed E-state index contributed by atoms with van der Waals surface area (Å²) < 4.78 is 40.8. The van der Waals surface area contributed by atoms with Crippen molar-refractivity contribution in [3.8, 4) is 11.5 Å². The van der Waals surface area contributed by atoms with Crippen LogP contribution in [0.25, 0.3) is 0 Å². The highest BCUT2D eigenvalue weighted by Crippen LogP contribution is 2.38. The minimum atomic E-state index is -3.57. The van der Waals surface area contributed by atoms with Crippen molar-refractivity contribution < 1.29 is 32.2 Å². The van der Waals surface area contributed by atoms with Gasteiger partial charge in [0.15, 0.2) is 11.5 Å². The van der Waals surface area contributed by atoms with E-state index in [1.54, 1.807) is 50.2 Å². The lowest BCUT2D eigenvalue weighted by atomic mass is 10.1. The van der Waals surface area contributed by atoms with E-state index in [9.17, 15) is 18.0 Å². The summed E-state index contributed by atoms with van der Waals surface area (Å²) in [6.45, 7) is 3.92. The van der Waals surface area contributed by atoms with Crippen molar-refractivity contribution in [1.29, 1.82) is 0 Å². The van der Waals surface area contributed by atoms with Gasteiger partial charge in [-0.3, -0.25) is 14.5 Å². The molecule has 0 bridgehead atoms. The van der Waals surface area contributed by atoms with E-state index in [0.717, 1.165) is 11.2 Å². The van der Waals surface area contributed by atoms with E-state index in [4.69, 9.17) is 14.2 Å². The Hall–Kier alpha value is -3.11. The van der Waals surface area contributed by atoms with Gasteiger partial charge in [-0.15, -0.1) is 0 Å². The first kappa shape index (κ1) is 24.5. The molecule has 2 aromatic rings. The second kappa shape index (κ2) is 9.80. The van der Waals surface area contributed by atoms with Gasteiger partial charge in [0.05, 0.1) is 36.6 Å². The van der Waals surface area contributed by atoms with Crippen LogP contribution in [0.1, 0.15) is 46.2 Å². The summed E-state index contributed by atoms with van der Waals surface area (Å²) in [5.41, 5.74) is 1.26. The molecule has 178 valence electrons. The van der Waals surface area contributed by atoms with Gasteiger partial charge in [0.25, 0.3) is 11.8 Å². The smallest absolute Gasteiger partial charge is 0.264 e. The van der Waals surface area contributed by atoms with E-state index in [1.165, 1.54) is 14.2 Å². The summed E-state index contributed by atoms with van der Waals surface area (Å²) in [5.74, 6) is -0.729. The van der Waals surface area contributed by atoms with Crippen molar-refractivity contribution in [2.45, 2.75) is 26.1 Å². The number of rotatable bonds is 10. The van der Waals surface area contributed by atoms with Crippen LogP contribution in [0.4, 0.5) is 5.69 Å². The fraction of sp³-hybridized carbons (Fsp3) is 0.391. The number of amides is 2. The van der Waals surface area contributed by atoms with Gasteiger partial charge < -0.3 is 19.5 Å². The van der Waals surface area contributed by atoms with Crippen molar-refractivity contribution in [2.75, 3.05) is 38.2 Å². The number of benzene rings is 2. The molecule has 1 aliphatic rings. The van der Waals surface area contributed by atoms with Crippen molar-refractivity contribution >= 4 is 27.3 Å². The zero-order chi connectivity index (χ0) is 24.3. The number of carbonyl (C=O) groups excluding carboxylic acids is 2. The van der Waals surface area contributed by atoms with E-state index >= 15 is 0 Å². The number of methoxy groups -OCH3 is 2. The molecule has 2 amide bonds. The normalized spacial score (nSPS) is 15.2. The molecule has 2 atom stereocenters. The number of carbonyl (C=O) groups is 2. The summed E-state index contributed by atoms with van der Waals surface area (Å²) in [5, 5.41) is 3.05. The summed E-state index contributed by atoms with van der Waals surface area (Å²) in [4.78, 5) is 27.9. The molecule has 1 aliphatic heterocycles. The molecule has 0 saturated heterocycles. The number of anilines is 1. The predicted molar refractivity (Wildman–Crippen MR) is 124 cm³/mol. The van der Waals surface area contributed by atoms with Gasteiger partial charge in [-0.25, -0.2) is 8.42 Å². The monoisotopic (exact) mass is 476 g/mol. The lowest BCUT2D eigenvalue weighted by molar-refractivity contribution is 0.0597. The molecule has 10 heteroatoms. The standard InChI is InChI=1S/C23H28N2O7S/c1-6-32-20-12-15(10-11-19(20)31-4)18(13-33(5,28)29)25-22(26)16-8-7-9-17(21(16)23(25)27)24-14(2)30-3/h7-12,14,18,24H,6,13H2,1-5H3/t14?,18-/m1/s1. The summed E-state index contributed by atoms with van der Waals surface area (Å²) in [7, 11) is -0.564. The molecular weight excluding hydrogens is 448 g/mol. The van der Waals surface area contributed by atoms with Crippen molar-refractivity contribution in [3.63, 3.8) is 0 Å². The highest BCUT2D eigenvalue weighted by molar-refractivity contribution is 7.90. The number of fused-ring (bicyclic) bond motifs is 1. The fourth-order valence-corrected chi connectivity index (χ4v) is 4.68. The largest absolute Gasteiger partial charge is 0.493 e. The van der Waals surface area contributed by atoms with Crippen LogP contribution in [0, 0.1) is 0 Å². The Kier molecular flexibility index (Phi) is 7.28. The molecule has 0 aliphatic carbocycles. The van der Waals surface area contributed by atoms with Gasteiger partial charge in [0.2, 0.25) is 0 Å². The Labute approximate surface area is 193 Å². The van der Waals surface area contributed by atoms with Crippen LogP contribution in [-0.2, 0) is 14.6 Å². The third kappa shape index (κ3) is 5.12. The van der Waals surface area contributed by atoms with E-state index in [1.807, 2.05) is 0 Å². The van der Waals surface area contributed by atoms with Gasteiger partial charge in [-0.1, -0.05) is 12.1 Å². The van der Waals surface area contributed by atoms with E-state index in [2.05, 4.69) is 5.32 Å². The Morgan fingerprint density at radius 2 is 1.79 bits per heavy atom. The first-order valence-corrected chi connectivity index (χ1v) is 12.5. The molecule has 0 spiro atoms. The van der Waals surface area contributed by atoms with Crippen molar-refractivity contribution in [1.82, 2.24) is 4.90 Å². The lowest BCUT2D eigenvalue weighted by Gasteiger charge is -2.27. The summed E-state index contributed by atoms with van der Waals surface area (Å²) in [6, 6.07) is 8.70. The van der Waals surface area contributed by atoms with Crippen LogP contribution in [0.5, 0.6) is 11.5 Å². The Balaban J connectivity index is 2.11. The number of ether oxygens (including phenoxy) is 3. The maximum absolute atomic E-state index is 13.5. The first-order chi connectivity index (χ1) is 15.6. The highest BCUT2D eigenvalue weighted by Gasteiger charge is 2.43. The highest BCUT2D eigenvalue weighted by atomic mass is 32.2. The predicted octanol–water partition coefficient (Wildman–Crippen LogP) is 2.88. The third-order valence-corrected chi connectivity index (χ3v) is 6.22. The molecule has 2 aromatic carbocycles. The molecule has 0 aromatic heterocycles. The Bertz CT molecular complexity index is 1160. The lowest BCUT2D eigenvalue weighted by Crippen LogP contribution is -2.37. The summed E-state index contributed by atoms with van der Waals surface area (Å²) >= 11 is 0. The van der Waals surface area contributed by atoms with Gasteiger partial charge in [0.1, 0.15) is 16.1 Å². The average Bonchev–Trinajstić information content (AvgIpc) is 3.02. The second-order valence-corrected chi connectivity index (χ2v) is 9.87. The maximum atomic E-state index is 13.5. The molecule has 0 saturated carbocycles. The van der Waals surface area contributed by atoms with Crippen LogP contribution in [0.2, 0.25) is 0 Å². The quantitative estimate of drug-likeness (QED) is 0.412. The molecule has 1 N–H and O–H groups in total. The van der Waals surface area contributed by atoms with Crippen LogP contribution in [0.3, 0.4) is 0 Å². The number of imide groups is 1. The molecule has 1 unspecified atom stereocenters. The SMILES string of the molecule is CCOc1cc([C@@H](CS(C)(=O)=O)N2C(=O)c3cccc(NC(C)OC)c3C2=O)ccc1OC. The zero-order valence-corrected chi connectivity index (χ0v) is 20.1. The van der Waals surface area contributed by atoms with Crippen molar-refractivity contribution in [3.05, 3.63) is 53.1 Å². The van der Waals surface area contributed by atoms with Crippen LogP contribution >= 0.6 is 0 Å². The average molecular weight is 477 g/mol. The number of hydrogen-bond donors (Lipinski definition) is 1. The number of hydrogen-bond acceptors (Lipinski definition) is 8. The molecule has 33 heavy (non-hydrogen) atoms. The minimum absolute atomic E-state index is 0.184. The van der Waals surface area contributed by atoms with Crippen LogP contribution in [0.15, 0.2) is 36.4 Å². The molecule has 0 fully saturated rings. The maximum Gasteiger partial charge on any atom is 0.264 e. The fourth-order valence-electron chi connectivity index (χ4n) is 3.76. The topological polar surface area (TPSA) is 111 Å². The van der Waals surface area contributed by atoms with E-state index in [0.29, 0.717) is 29.4 Å². The molecule has 9 nitrogen and oxygen atoms in total. The van der Waals surface area contributed by atoms with Gasteiger partial charge in [-0.05, 0) is 43.7 Å². The number of sulfone groups is 1. The number of nitrogens with one attached hydrogen (secondary N) is 1. The van der Waals surface area contributed by atoms with Gasteiger partial charge >= 0.3 is 0 Å². The van der Waals surface area contributed by atoms with Gasteiger partial charge in [-0.2, -0.15) is 0 Å². The zero-order valence-electron chi connectivity index (χ0n) is 19.2. The third-order valence-electron chi connectivity index (χ3n) is 5.30. The van der Waals surface area contributed by atoms with Crippen LogP contribution in [-0.4, -0.2) is 64.2 Å². The Morgan fingerprint density at radius 1 is 1.06 bits per heavy atom. The molecular formula is C23H28N2O7S. The molecule has 1 heterocycles. The van der Waals surface area contributed by atoms with Crippen molar-refractivity contribution in [2.24, 2.45) is 0 Å². The van der Waals surface area contributed by atoms with E-state index < -0.39 is 39.7 Å². The minimum Gasteiger partial charge on any atom is -0.493 e. The first-order valence-electron chi connectivity index (χ1n) is 10.4. The molecule has 3 rings (SSSR count). The van der Waals surface area contributed by atoms with Gasteiger partial charge in [0, 0.05) is 19.1 Å². The Morgan fingerprint density at radius 3 is 2.39 bits per heavy atom. The van der Waals surface area contributed by atoms with E-state index in [-0.39, 0.29) is 11.1 Å². The summed E-state index contributed by atoms with van der Waals surface area (Å²) in [6.07, 6.45) is 0.661. The second-order valence-electron chi connectivity index (χ2n) is 7.68. The van der Waals surface area contributed by atoms with Crippen LogP contribution < -0.4 is 14.8 Å². The molecule has 0 radical (unpaired) electrons.